The molecule has 11 aromatic rings. The minimum Gasteiger partial charge on any atom is -0.311 e. The van der Waals surface area contributed by atoms with E-state index in [-0.39, 0.29) is 0 Å². The van der Waals surface area contributed by atoms with Crippen molar-refractivity contribution >= 4 is 45.9 Å². The van der Waals surface area contributed by atoms with Crippen molar-refractivity contribution in [2.45, 2.75) is 0 Å². The highest BCUT2D eigenvalue weighted by Crippen LogP contribution is 2.42. The van der Waals surface area contributed by atoms with Gasteiger partial charge >= 0.3 is 0 Å². The number of aromatic nitrogens is 3. The molecule has 0 atom stereocenters. The highest BCUT2D eigenvalue weighted by molar-refractivity contribution is 7.21. The maximum Gasteiger partial charge on any atom is 0.184 e. The van der Waals surface area contributed by atoms with Crippen LogP contribution < -0.4 is 25.6 Å². The fraction of sp³-hybridized carbons (Fsp3) is 0. The largest absolute Gasteiger partial charge is 0.311 e. The Labute approximate surface area is 397 Å². The fourth-order valence-corrected chi connectivity index (χ4v) is 15.6. The van der Waals surface area contributed by atoms with Crippen LogP contribution in [0.15, 0.2) is 255 Å². The Morgan fingerprint density at radius 3 is 1.15 bits per heavy atom. The molecule has 1 aromatic heterocycles. The van der Waals surface area contributed by atoms with E-state index in [9.17, 15) is 0 Å². The summed E-state index contributed by atoms with van der Waals surface area (Å²) in [6.45, 7) is 0. The lowest BCUT2D eigenvalue weighted by atomic mass is 9.96. The Morgan fingerprint density at radius 1 is 0.250 bits per heavy atom. The van der Waals surface area contributed by atoms with E-state index in [1.54, 1.807) is 0 Å². The van der Waals surface area contributed by atoms with Gasteiger partial charge in [0.1, 0.15) is 0 Å². The molecular weight excluding hydrogens is 841 g/mol. The Kier molecular flexibility index (Phi) is 9.48. The summed E-state index contributed by atoms with van der Waals surface area (Å²) in [6, 6.07) is 93.1. The van der Waals surface area contributed by atoms with Crippen molar-refractivity contribution in [3.05, 3.63) is 255 Å². The van der Waals surface area contributed by atoms with Gasteiger partial charge in [-0.3, -0.25) is 0 Å². The molecular formula is C63H42N4Si. The van der Waals surface area contributed by atoms with Gasteiger partial charge in [-0.1, -0.05) is 206 Å². The lowest BCUT2D eigenvalue weighted by Crippen LogP contribution is -2.77. The van der Waals surface area contributed by atoms with E-state index in [0.717, 1.165) is 66.9 Å². The van der Waals surface area contributed by atoms with Gasteiger partial charge in [-0.25, -0.2) is 15.0 Å². The first-order chi connectivity index (χ1) is 33.7. The van der Waals surface area contributed by atoms with Crippen molar-refractivity contribution < 1.29 is 0 Å². The van der Waals surface area contributed by atoms with E-state index in [1.807, 2.05) is 18.2 Å². The number of rotatable bonds is 3. The Bertz CT molecular complexity index is 3660. The second kappa shape index (κ2) is 16.3. The highest BCUT2D eigenvalue weighted by Gasteiger charge is 2.48. The predicted octanol–water partition coefficient (Wildman–Crippen LogP) is 13.0. The van der Waals surface area contributed by atoms with Crippen molar-refractivity contribution in [2.75, 3.05) is 4.90 Å². The lowest BCUT2D eigenvalue weighted by Gasteiger charge is -2.45. The third-order valence-corrected chi connectivity index (χ3v) is 18.5. The summed E-state index contributed by atoms with van der Waals surface area (Å²) in [5, 5.41) is 5.44. The zero-order chi connectivity index (χ0) is 45.0. The van der Waals surface area contributed by atoms with Gasteiger partial charge in [-0.15, -0.1) is 0 Å². The second-order valence-corrected chi connectivity index (χ2v) is 21.3. The molecule has 0 radical (unpaired) electrons. The quantitative estimate of drug-likeness (QED) is 0.166. The van der Waals surface area contributed by atoms with Gasteiger partial charge in [0, 0.05) is 33.8 Å². The van der Waals surface area contributed by atoms with Gasteiger partial charge < -0.3 is 4.90 Å². The molecule has 2 aliphatic rings. The minimum atomic E-state index is -2.88. The molecule has 14 bridgehead atoms. The van der Waals surface area contributed by atoms with Crippen LogP contribution in [0.1, 0.15) is 0 Å². The van der Waals surface area contributed by atoms with E-state index in [1.165, 1.54) is 32.1 Å². The number of benzene rings is 10. The first-order valence-corrected chi connectivity index (χ1v) is 25.2. The molecule has 0 saturated heterocycles. The predicted molar refractivity (Wildman–Crippen MR) is 283 cm³/mol. The summed E-state index contributed by atoms with van der Waals surface area (Å²) in [4.78, 5) is 17.9. The number of hydrogen-bond acceptors (Lipinski definition) is 4. The van der Waals surface area contributed by atoms with Crippen molar-refractivity contribution in [3.8, 4) is 78.7 Å². The van der Waals surface area contributed by atoms with Crippen molar-refractivity contribution in [1.82, 2.24) is 15.0 Å². The molecule has 0 fully saturated rings. The normalized spacial score (nSPS) is 12.8. The van der Waals surface area contributed by atoms with Crippen molar-refractivity contribution in [1.29, 1.82) is 0 Å². The van der Waals surface area contributed by atoms with Crippen LogP contribution in [0.5, 0.6) is 0 Å². The third-order valence-electron chi connectivity index (χ3n) is 13.7. The number of para-hydroxylation sites is 1. The zero-order valence-electron chi connectivity index (χ0n) is 37.0. The molecule has 2 aliphatic heterocycles. The Morgan fingerprint density at radius 2 is 0.618 bits per heavy atom. The summed E-state index contributed by atoms with van der Waals surface area (Å²) < 4.78 is 0. The van der Waals surface area contributed by atoms with E-state index in [2.05, 4.69) is 241 Å². The molecule has 0 saturated carbocycles. The van der Waals surface area contributed by atoms with Gasteiger partial charge in [0.2, 0.25) is 0 Å². The van der Waals surface area contributed by atoms with Crippen LogP contribution in [0.2, 0.25) is 0 Å². The third kappa shape index (κ3) is 6.63. The van der Waals surface area contributed by atoms with Crippen LogP contribution in [-0.2, 0) is 0 Å². The topological polar surface area (TPSA) is 41.9 Å². The van der Waals surface area contributed by atoms with Crippen LogP contribution in [0, 0.1) is 0 Å². The molecule has 0 N–H and O–H groups in total. The van der Waals surface area contributed by atoms with Gasteiger partial charge in [-0.2, -0.15) is 0 Å². The average molecular weight is 883 g/mol. The smallest absolute Gasteiger partial charge is 0.184 e. The Hall–Kier alpha value is -8.77. The summed E-state index contributed by atoms with van der Waals surface area (Å²) in [7, 11) is -2.88. The number of nitrogens with zero attached hydrogens (tertiary/aromatic N) is 4. The first-order valence-electron chi connectivity index (χ1n) is 23.2. The van der Waals surface area contributed by atoms with Crippen LogP contribution in [0.3, 0.4) is 0 Å². The summed E-state index contributed by atoms with van der Waals surface area (Å²) in [5.41, 5.74) is 15.3. The molecule has 0 aliphatic carbocycles. The van der Waals surface area contributed by atoms with Crippen LogP contribution in [0.4, 0.5) is 17.1 Å². The summed E-state index contributed by atoms with van der Waals surface area (Å²) in [5.74, 6) is 1.89. The number of fused-ring (bicyclic) bond motifs is 22. The summed E-state index contributed by atoms with van der Waals surface area (Å²) in [6.07, 6.45) is 0. The molecule has 5 heteroatoms. The SMILES string of the molecule is c1ccc(-c2nc3nc(n2)-c2cccc(c2)-c2cccc(c2)-c2ccc4c(c2)N(c2cccc(c2)-c2cccc(c2)-c2cccc-3c2)c2ccccc2[Si]4(c2ccccc2)c2ccccc2)cc1. The maximum absolute atomic E-state index is 5.19. The molecule has 0 unspecified atom stereocenters. The second-order valence-electron chi connectivity index (χ2n) is 17.6. The van der Waals surface area contributed by atoms with E-state index < -0.39 is 8.07 Å². The van der Waals surface area contributed by atoms with E-state index >= 15 is 0 Å². The maximum atomic E-state index is 5.19. The minimum absolute atomic E-state index is 0.626. The standard InChI is InChI=1S/C63H42N4Si/c1-4-17-43(18-5-1)61-64-62-52-26-14-23-48(39-52)44-19-12-21-46(37-44)50-25-16-28-54(41-50)67-57-33-10-11-34-59(57)68(55-29-6-2-7-30-55,56-31-8-3-9-32-56)60-36-35-51(42-58(60)67)47-22-13-20-45(38-47)49-24-15-27-53(40-49)63(65-61)66-62/h1-42H. The molecule has 0 amide bonds. The first kappa shape index (κ1) is 39.6. The Balaban J connectivity index is 1.09. The van der Waals surface area contributed by atoms with Crippen LogP contribution in [0.25, 0.3) is 78.7 Å². The van der Waals surface area contributed by atoms with Gasteiger partial charge in [0.05, 0.1) is 0 Å². The monoisotopic (exact) mass is 882 g/mol. The highest BCUT2D eigenvalue weighted by atomic mass is 28.3. The van der Waals surface area contributed by atoms with Gasteiger partial charge in [0.15, 0.2) is 25.5 Å². The van der Waals surface area contributed by atoms with Crippen LogP contribution in [-0.4, -0.2) is 23.0 Å². The van der Waals surface area contributed by atoms with Crippen LogP contribution >= 0.6 is 0 Å². The summed E-state index contributed by atoms with van der Waals surface area (Å²) >= 11 is 0. The van der Waals surface area contributed by atoms with Gasteiger partial charge in [0.25, 0.3) is 0 Å². The molecule has 10 aromatic carbocycles. The van der Waals surface area contributed by atoms with Crippen molar-refractivity contribution in [3.63, 3.8) is 0 Å². The molecule has 3 heterocycles. The number of hydrogen-bond donors (Lipinski definition) is 0. The molecule has 68 heavy (non-hydrogen) atoms. The number of anilines is 3. The van der Waals surface area contributed by atoms with E-state index in [0.29, 0.717) is 17.5 Å². The van der Waals surface area contributed by atoms with E-state index in [4.69, 9.17) is 15.0 Å². The molecule has 13 rings (SSSR count). The molecule has 4 nitrogen and oxygen atoms in total. The zero-order valence-corrected chi connectivity index (χ0v) is 38.0. The molecule has 318 valence electrons. The van der Waals surface area contributed by atoms with Crippen molar-refractivity contribution in [2.24, 2.45) is 0 Å². The molecule has 0 spiro atoms. The lowest BCUT2D eigenvalue weighted by molar-refractivity contribution is 1.07. The average Bonchev–Trinajstić information content (AvgIpc) is 3.43. The van der Waals surface area contributed by atoms with Gasteiger partial charge in [-0.05, 0) is 114 Å². The fourth-order valence-electron chi connectivity index (χ4n) is 10.5.